The van der Waals surface area contributed by atoms with Gasteiger partial charge < -0.3 is 0 Å². The van der Waals surface area contributed by atoms with Gasteiger partial charge >= 0.3 is 0 Å². The fourth-order valence-corrected chi connectivity index (χ4v) is 4.98. The number of rotatable bonds is 0. The van der Waals surface area contributed by atoms with Crippen LogP contribution in [0.3, 0.4) is 0 Å². The molecule has 0 amide bonds. The molecule has 0 heterocycles. The summed E-state index contributed by atoms with van der Waals surface area (Å²) >= 11 is 13.1. The van der Waals surface area contributed by atoms with Crippen LogP contribution in [0, 0.1) is 0 Å². The van der Waals surface area contributed by atoms with E-state index in [4.69, 9.17) is 23.2 Å². The number of halogens is 2. The Labute approximate surface area is 171 Å². The van der Waals surface area contributed by atoms with Gasteiger partial charge in [-0.05, 0) is 54.5 Å². The van der Waals surface area contributed by atoms with E-state index in [1.165, 1.54) is 43.1 Å². The van der Waals surface area contributed by atoms with E-state index in [2.05, 4.69) is 72.8 Å². The highest BCUT2D eigenvalue weighted by Gasteiger charge is 2.15. The third kappa shape index (κ3) is 2.08. The van der Waals surface area contributed by atoms with E-state index in [-0.39, 0.29) is 0 Å². The van der Waals surface area contributed by atoms with E-state index in [1.54, 1.807) is 0 Å². The molecule has 0 atom stereocenters. The van der Waals surface area contributed by atoms with E-state index in [0.717, 1.165) is 10.8 Å². The molecule has 0 N–H and O–H groups in total. The second-order valence-corrected chi connectivity index (χ2v) is 7.99. The molecular formula is C26H14Cl2. The Kier molecular flexibility index (Phi) is 3.38. The highest BCUT2D eigenvalue weighted by Crippen LogP contribution is 2.44. The Morgan fingerprint density at radius 1 is 0.393 bits per heavy atom. The molecule has 0 aliphatic heterocycles. The molecule has 0 nitrogen and oxygen atoms in total. The topological polar surface area (TPSA) is 0 Å². The van der Waals surface area contributed by atoms with Crippen molar-refractivity contribution in [1.82, 2.24) is 0 Å². The van der Waals surface area contributed by atoms with Gasteiger partial charge in [0.1, 0.15) is 0 Å². The second-order valence-electron chi connectivity index (χ2n) is 7.20. The summed E-state index contributed by atoms with van der Waals surface area (Å²) in [4.78, 5) is 0. The molecule has 0 unspecified atom stereocenters. The average Bonchev–Trinajstić information content (AvgIpc) is 2.75. The summed E-state index contributed by atoms with van der Waals surface area (Å²) in [6, 6.07) is 29.9. The zero-order valence-electron chi connectivity index (χ0n) is 14.8. The third-order valence-corrected chi connectivity index (χ3v) is 6.57. The largest absolute Gasteiger partial charge is 0.0827 e. The lowest BCUT2D eigenvalue weighted by Crippen LogP contribution is -1.87. The van der Waals surface area contributed by atoms with Crippen molar-refractivity contribution in [1.29, 1.82) is 0 Å². The fourth-order valence-electron chi connectivity index (χ4n) is 4.56. The maximum atomic E-state index is 6.72. The molecule has 6 aromatic carbocycles. The number of fused-ring (bicyclic) bond motifs is 10. The Hall–Kier alpha value is -2.80. The van der Waals surface area contributed by atoms with Crippen LogP contribution in [0.5, 0.6) is 0 Å². The van der Waals surface area contributed by atoms with Gasteiger partial charge in [-0.15, -0.1) is 0 Å². The first kappa shape index (κ1) is 16.2. The Morgan fingerprint density at radius 2 is 0.929 bits per heavy atom. The molecule has 0 aromatic heterocycles. The lowest BCUT2D eigenvalue weighted by Gasteiger charge is -2.15. The zero-order chi connectivity index (χ0) is 18.8. The molecular weight excluding hydrogens is 383 g/mol. The van der Waals surface area contributed by atoms with Crippen LogP contribution < -0.4 is 0 Å². The summed E-state index contributed by atoms with van der Waals surface area (Å²) in [6.07, 6.45) is 0. The minimum absolute atomic E-state index is 0.587. The van der Waals surface area contributed by atoms with Gasteiger partial charge in [0.25, 0.3) is 0 Å². The number of hydrogen-bond acceptors (Lipinski definition) is 0. The highest BCUT2D eigenvalue weighted by atomic mass is 35.5. The molecule has 132 valence electrons. The predicted molar refractivity (Wildman–Crippen MR) is 124 cm³/mol. The van der Waals surface area contributed by atoms with Crippen LogP contribution in [-0.4, -0.2) is 0 Å². The van der Waals surface area contributed by atoms with Crippen LogP contribution in [0.2, 0.25) is 10.0 Å². The van der Waals surface area contributed by atoms with Gasteiger partial charge in [-0.1, -0.05) is 102 Å². The predicted octanol–water partition coefficient (Wildman–Crippen LogP) is 8.76. The van der Waals surface area contributed by atoms with Gasteiger partial charge in [0, 0.05) is 5.39 Å². The van der Waals surface area contributed by atoms with E-state index >= 15 is 0 Å². The van der Waals surface area contributed by atoms with Crippen LogP contribution in [0.4, 0.5) is 0 Å². The summed E-state index contributed by atoms with van der Waals surface area (Å²) < 4.78 is 0. The van der Waals surface area contributed by atoms with E-state index < -0.39 is 0 Å². The van der Waals surface area contributed by atoms with Crippen LogP contribution in [-0.2, 0) is 0 Å². The van der Waals surface area contributed by atoms with Crippen molar-refractivity contribution in [2.24, 2.45) is 0 Å². The van der Waals surface area contributed by atoms with E-state index in [9.17, 15) is 0 Å². The van der Waals surface area contributed by atoms with Gasteiger partial charge in [0.2, 0.25) is 0 Å². The summed E-state index contributed by atoms with van der Waals surface area (Å²) in [5.74, 6) is 0. The average molecular weight is 397 g/mol. The number of hydrogen-bond donors (Lipinski definition) is 0. The first-order valence-electron chi connectivity index (χ1n) is 9.26. The van der Waals surface area contributed by atoms with Crippen molar-refractivity contribution >= 4 is 77.1 Å². The summed E-state index contributed by atoms with van der Waals surface area (Å²) in [7, 11) is 0. The van der Waals surface area contributed by atoms with Crippen molar-refractivity contribution < 1.29 is 0 Å². The molecule has 2 heteroatoms. The maximum Gasteiger partial charge on any atom is 0.0677 e. The SMILES string of the molecule is Clc1ccc2ccc3c4ccc5ccccc5c4c4ccccc4c3c2c1Cl. The van der Waals surface area contributed by atoms with Crippen molar-refractivity contribution in [2.45, 2.75) is 0 Å². The molecule has 0 saturated carbocycles. The smallest absolute Gasteiger partial charge is 0.0677 e. The van der Waals surface area contributed by atoms with Crippen molar-refractivity contribution in [3.05, 3.63) is 95.0 Å². The minimum Gasteiger partial charge on any atom is -0.0827 e. The Bertz CT molecular complexity index is 1560. The Balaban J connectivity index is 2.04. The van der Waals surface area contributed by atoms with Crippen LogP contribution >= 0.6 is 23.2 Å². The first-order chi connectivity index (χ1) is 13.7. The van der Waals surface area contributed by atoms with Gasteiger partial charge in [-0.3, -0.25) is 0 Å². The quantitative estimate of drug-likeness (QED) is 0.225. The molecule has 6 aromatic rings. The number of benzene rings is 6. The second kappa shape index (κ2) is 5.85. The normalized spacial score (nSPS) is 11.9. The maximum absolute atomic E-state index is 6.72. The van der Waals surface area contributed by atoms with Crippen LogP contribution in [0.25, 0.3) is 53.9 Å². The lowest BCUT2D eigenvalue weighted by atomic mass is 9.89. The zero-order valence-corrected chi connectivity index (χ0v) is 16.4. The highest BCUT2D eigenvalue weighted by molar-refractivity contribution is 6.48. The first-order valence-corrected chi connectivity index (χ1v) is 10.0. The monoisotopic (exact) mass is 396 g/mol. The summed E-state index contributed by atoms with van der Waals surface area (Å²) in [5.41, 5.74) is 0. The molecule has 0 fully saturated rings. The molecule has 0 bridgehead atoms. The molecule has 0 radical (unpaired) electrons. The van der Waals surface area contributed by atoms with Gasteiger partial charge in [0.15, 0.2) is 0 Å². The molecule has 0 aliphatic rings. The minimum atomic E-state index is 0.587. The molecule has 0 aliphatic carbocycles. The van der Waals surface area contributed by atoms with Crippen LogP contribution in [0.1, 0.15) is 0 Å². The molecule has 0 spiro atoms. The Morgan fingerprint density at radius 3 is 1.71 bits per heavy atom. The summed E-state index contributed by atoms with van der Waals surface area (Å²) in [6.45, 7) is 0. The summed E-state index contributed by atoms with van der Waals surface area (Å²) in [5, 5.41) is 13.2. The van der Waals surface area contributed by atoms with E-state index in [1.807, 2.05) is 12.1 Å². The standard InChI is InChI=1S/C26H14Cl2/c27-22-14-11-16-10-13-21-20-12-9-15-5-1-2-6-17(15)24(20)18-7-3-4-8-19(18)25(21)23(16)26(22)28/h1-14H. The van der Waals surface area contributed by atoms with Crippen molar-refractivity contribution in [3.8, 4) is 0 Å². The van der Waals surface area contributed by atoms with Gasteiger partial charge in [-0.25, -0.2) is 0 Å². The fraction of sp³-hybridized carbons (Fsp3) is 0. The van der Waals surface area contributed by atoms with Crippen LogP contribution in [0.15, 0.2) is 84.9 Å². The third-order valence-electron chi connectivity index (χ3n) is 5.76. The van der Waals surface area contributed by atoms with E-state index in [0.29, 0.717) is 10.0 Å². The molecule has 6 rings (SSSR count). The lowest BCUT2D eigenvalue weighted by molar-refractivity contribution is 1.78. The van der Waals surface area contributed by atoms with Gasteiger partial charge in [-0.2, -0.15) is 0 Å². The van der Waals surface area contributed by atoms with Crippen molar-refractivity contribution in [2.75, 3.05) is 0 Å². The molecule has 0 saturated heterocycles. The van der Waals surface area contributed by atoms with Gasteiger partial charge in [0.05, 0.1) is 10.0 Å². The molecule has 28 heavy (non-hydrogen) atoms. The van der Waals surface area contributed by atoms with Crippen molar-refractivity contribution in [3.63, 3.8) is 0 Å².